The molecule has 0 amide bonds. The van der Waals surface area contributed by atoms with Gasteiger partial charge in [-0.3, -0.25) is 0 Å². The predicted octanol–water partition coefficient (Wildman–Crippen LogP) is 2.88. The van der Waals surface area contributed by atoms with Gasteiger partial charge in [-0.25, -0.2) is 0 Å². The fraction of sp³-hybridized carbons (Fsp3) is 0.571. The number of methoxy groups -OCH3 is 3. The lowest BCUT2D eigenvalue weighted by Gasteiger charge is -2.34. The van der Waals surface area contributed by atoms with E-state index in [0.29, 0.717) is 17.1 Å². The van der Waals surface area contributed by atoms with Crippen LogP contribution in [0.2, 0.25) is 0 Å². The maximum Gasteiger partial charge on any atom is 0.404 e. The molecule has 0 saturated heterocycles. The summed E-state index contributed by atoms with van der Waals surface area (Å²) in [6.07, 6.45) is -4.53. The summed E-state index contributed by atoms with van der Waals surface area (Å²) >= 11 is 0. The number of halogens is 3. The Bertz CT molecular complexity index is 501. The van der Waals surface area contributed by atoms with Crippen LogP contribution < -0.4 is 19.9 Å². The van der Waals surface area contributed by atoms with Gasteiger partial charge in [-0.1, -0.05) is 13.8 Å². The van der Waals surface area contributed by atoms with Crippen LogP contribution in [0.3, 0.4) is 0 Å². The van der Waals surface area contributed by atoms with E-state index in [4.69, 9.17) is 19.9 Å². The molecule has 0 aliphatic heterocycles. The Balaban J connectivity index is 3.46. The molecule has 1 atom stereocenters. The zero-order valence-corrected chi connectivity index (χ0v) is 12.7. The maximum atomic E-state index is 13.0. The first-order valence-corrected chi connectivity index (χ1v) is 6.22. The quantitative estimate of drug-likeness (QED) is 0.909. The standard InChI is InChI=1S/C14H20F3NO3/c1-13(2,12(18)14(15,16)17)8-6-10(20-4)11(21-5)7-9(8)19-3/h6-7,12H,18H2,1-5H3. The van der Waals surface area contributed by atoms with Gasteiger partial charge in [0.25, 0.3) is 0 Å². The summed E-state index contributed by atoms with van der Waals surface area (Å²) < 4.78 is 54.3. The minimum atomic E-state index is -4.53. The van der Waals surface area contributed by atoms with Crippen molar-refractivity contribution < 1.29 is 27.4 Å². The Morgan fingerprint density at radius 2 is 1.33 bits per heavy atom. The van der Waals surface area contributed by atoms with Crippen molar-refractivity contribution >= 4 is 0 Å². The molecule has 0 aromatic heterocycles. The first-order valence-electron chi connectivity index (χ1n) is 6.22. The fourth-order valence-corrected chi connectivity index (χ4v) is 2.11. The SMILES string of the molecule is COc1cc(OC)c(C(C)(C)C(N)C(F)(F)F)cc1OC. The van der Waals surface area contributed by atoms with Crippen LogP contribution in [0.25, 0.3) is 0 Å². The van der Waals surface area contributed by atoms with Crippen LogP contribution in [-0.4, -0.2) is 33.5 Å². The van der Waals surface area contributed by atoms with E-state index in [9.17, 15) is 13.2 Å². The number of alkyl halides is 3. The van der Waals surface area contributed by atoms with Crippen molar-refractivity contribution in [2.45, 2.75) is 31.5 Å². The summed E-state index contributed by atoms with van der Waals surface area (Å²) in [5.41, 5.74) is 4.29. The van der Waals surface area contributed by atoms with Gasteiger partial charge in [-0.05, 0) is 6.07 Å². The largest absolute Gasteiger partial charge is 0.496 e. The highest BCUT2D eigenvalue weighted by Gasteiger charge is 2.48. The lowest BCUT2D eigenvalue weighted by Crippen LogP contribution is -2.51. The Kier molecular flexibility index (Phi) is 4.99. The molecule has 4 nitrogen and oxygen atoms in total. The van der Waals surface area contributed by atoms with Crippen molar-refractivity contribution in [2.75, 3.05) is 21.3 Å². The molecule has 21 heavy (non-hydrogen) atoms. The Morgan fingerprint density at radius 3 is 1.71 bits per heavy atom. The molecule has 1 aromatic rings. The Hall–Kier alpha value is -1.63. The van der Waals surface area contributed by atoms with Crippen LogP contribution >= 0.6 is 0 Å². The molecule has 0 radical (unpaired) electrons. The predicted molar refractivity (Wildman–Crippen MR) is 73.2 cm³/mol. The van der Waals surface area contributed by atoms with E-state index in [-0.39, 0.29) is 5.75 Å². The third kappa shape index (κ3) is 3.34. The average Bonchev–Trinajstić information content (AvgIpc) is 2.43. The molecule has 2 N–H and O–H groups in total. The van der Waals surface area contributed by atoms with Gasteiger partial charge in [0.15, 0.2) is 11.5 Å². The highest BCUT2D eigenvalue weighted by Crippen LogP contribution is 2.44. The molecule has 120 valence electrons. The third-order valence-corrected chi connectivity index (χ3v) is 3.53. The topological polar surface area (TPSA) is 53.7 Å². The van der Waals surface area contributed by atoms with Crippen LogP contribution in [0.4, 0.5) is 13.2 Å². The maximum absolute atomic E-state index is 13.0. The van der Waals surface area contributed by atoms with Gasteiger partial charge in [-0.2, -0.15) is 13.2 Å². The summed E-state index contributed by atoms with van der Waals surface area (Å²) in [7, 11) is 4.22. The van der Waals surface area contributed by atoms with Crippen molar-refractivity contribution in [3.63, 3.8) is 0 Å². The smallest absolute Gasteiger partial charge is 0.404 e. The number of hydrogen-bond acceptors (Lipinski definition) is 4. The van der Waals surface area contributed by atoms with Gasteiger partial charge >= 0.3 is 6.18 Å². The van der Waals surface area contributed by atoms with Crippen molar-refractivity contribution in [3.05, 3.63) is 17.7 Å². The zero-order chi connectivity index (χ0) is 16.4. The Morgan fingerprint density at radius 1 is 0.905 bits per heavy atom. The average molecular weight is 307 g/mol. The van der Waals surface area contributed by atoms with Crippen LogP contribution in [0.15, 0.2) is 12.1 Å². The Labute approximate surface area is 122 Å². The molecule has 0 fully saturated rings. The van der Waals surface area contributed by atoms with E-state index in [1.54, 1.807) is 0 Å². The highest BCUT2D eigenvalue weighted by atomic mass is 19.4. The fourth-order valence-electron chi connectivity index (χ4n) is 2.11. The van der Waals surface area contributed by atoms with Crippen LogP contribution in [0.1, 0.15) is 19.4 Å². The second-order valence-electron chi connectivity index (χ2n) is 5.15. The molecular weight excluding hydrogens is 287 g/mol. The first kappa shape index (κ1) is 17.4. The molecule has 1 rings (SSSR count). The lowest BCUT2D eigenvalue weighted by molar-refractivity contribution is -0.160. The number of rotatable bonds is 5. The number of benzene rings is 1. The van der Waals surface area contributed by atoms with Gasteiger partial charge < -0.3 is 19.9 Å². The minimum Gasteiger partial charge on any atom is -0.496 e. The van der Waals surface area contributed by atoms with E-state index < -0.39 is 17.6 Å². The van der Waals surface area contributed by atoms with Crippen molar-refractivity contribution in [1.82, 2.24) is 0 Å². The summed E-state index contributed by atoms with van der Waals surface area (Å²) in [5, 5.41) is 0. The molecule has 0 bridgehead atoms. The van der Waals surface area contributed by atoms with Crippen LogP contribution in [-0.2, 0) is 5.41 Å². The monoisotopic (exact) mass is 307 g/mol. The molecule has 0 aliphatic rings. The molecule has 1 unspecified atom stereocenters. The van der Waals surface area contributed by atoms with Crippen molar-refractivity contribution in [2.24, 2.45) is 5.73 Å². The summed E-state index contributed by atoms with van der Waals surface area (Å²) in [6, 6.07) is 0.902. The van der Waals surface area contributed by atoms with Gasteiger partial charge in [0.2, 0.25) is 0 Å². The molecule has 0 heterocycles. The minimum absolute atomic E-state index is 0.261. The van der Waals surface area contributed by atoms with E-state index in [1.165, 1.54) is 47.3 Å². The molecular formula is C14H20F3NO3. The molecule has 1 aromatic carbocycles. The van der Waals surface area contributed by atoms with Gasteiger partial charge in [0.05, 0.1) is 21.3 Å². The summed E-state index contributed by atoms with van der Waals surface area (Å²) in [4.78, 5) is 0. The van der Waals surface area contributed by atoms with Gasteiger partial charge in [-0.15, -0.1) is 0 Å². The second kappa shape index (κ2) is 6.01. The van der Waals surface area contributed by atoms with E-state index in [0.717, 1.165) is 0 Å². The number of nitrogens with two attached hydrogens (primary N) is 1. The van der Waals surface area contributed by atoms with Gasteiger partial charge in [0.1, 0.15) is 11.8 Å². The van der Waals surface area contributed by atoms with Crippen molar-refractivity contribution in [1.29, 1.82) is 0 Å². The third-order valence-electron chi connectivity index (χ3n) is 3.53. The number of hydrogen-bond donors (Lipinski definition) is 1. The molecule has 0 spiro atoms. The van der Waals surface area contributed by atoms with Crippen LogP contribution in [0, 0.1) is 0 Å². The zero-order valence-electron chi connectivity index (χ0n) is 12.7. The second-order valence-corrected chi connectivity index (χ2v) is 5.15. The molecule has 7 heteroatoms. The van der Waals surface area contributed by atoms with E-state index in [2.05, 4.69) is 0 Å². The lowest BCUT2D eigenvalue weighted by atomic mass is 9.77. The van der Waals surface area contributed by atoms with E-state index in [1.807, 2.05) is 0 Å². The summed E-state index contributed by atoms with van der Waals surface area (Å²) in [6.45, 7) is 2.82. The highest BCUT2D eigenvalue weighted by molar-refractivity contribution is 5.53. The normalized spacial score (nSPS) is 13.8. The number of ether oxygens (including phenoxy) is 3. The molecule has 0 aliphatic carbocycles. The van der Waals surface area contributed by atoms with E-state index >= 15 is 0 Å². The van der Waals surface area contributed by atoms with Gasteiger partial charge in [0, 0.05) is 17.0 Å². The first-order chi connectivity index (χ1) is 9.59. The molecule has 0 saturated carbocycles. The van der Waals surface area contributed by atoms with Crippen LogP contribution in [0.5, 0.6) is 17.2 Å². The van der Waals surface area contributed by atoms with Crippen molar-refractivity contribution in [3.8, 4) is 17.2 Å². The summed E-state index contributed by atoms with van der Waals surface area (Å²) in [5.74, 6) is 0.947.